The van der Waals surface area contributed by atoms with Gasteiger partial charge in [0.05, 0.1) is 6.26 Å². The van der Waals surface area contributed by atoms with Gasteiger partial charge in [0.1, 0.15) is 5.50 Å². The fourth-order valence-electron chi connectivity index (χ4n) is 0.921. The molecule has 56 valence electrons. The standard InChI is InChI=1S/C8H13OP/c1-2-3-4-7-5-6-9-8(7)10/h5-6H,2-4,10H2,1H3. The molecule has 1 rings (SSSR count). The second kappa shape index (κ2) is 3.78. The summed E-state index contributed by atoms with van der Waals surface area (Å²) in [6, 6.07) is 2.04. The van der Waals surface area contributed by atoms with Crippen molar-refractivity contribution < 1.29 is 4.42 Å². The Hall–Kier alpha value is -0.290. The molecule has 2 heteroatoms. The van der Waals surface area contributed by atoms with Crippen LogP contribution in [0.25, 0.3) is 0 Å². The van der Waals surface area contributed by atoms with E-state index < -0.39 is 0 Å². The van der Waals surface area contributed by atoms with Crippen molar-refractivity contribution in [3.63, 3.8) is 0 Å². The Morgan fingerprint density at radius 3 is 2.90 bits per heavy atom. The summed E-state index contributed by atoms with van der Waals surface area (Å²) in [5.41, 5.74) is 2.32. The summed E-state index contributed by atoms with van der Waals surface area (Å²) in [6.45, 7) is 2.20. The first-order chi connectivity index (χ1) is 4.84. The zero-order valence-electron chi connectivity index (χ0n) is 6.26. The zero-order chi connectivity index (χ0) is 7.40. The van der Waals surface area contributed by atoms with E-state index in [9.17, 15) is 0 Å². The number of unbranched alkanes of at least 4 members (excludes halogenated alkanes) is 1. The molecule has 0 spiro atoms. The Balaban J connectivity index is 2.49. The quantitative estimate of drug-likeness (QED) is 0.611. The van der Waals surface area contributed by atoms with E-state index in [0.29, 0.717) is 0 Å². The molecule has 0 aliphatic carbocycles. The van der Waals surface area contributed by atoms with Gasteiger partial charge in [0.15, 0.2) is 0 Å². The van der Waals surface area contributed by atoms with Gasteiger partial charge in [-0.3, -0.25) is 0 Å². The summed E-state index contributed by atoms with van der Waals surface area (Å²) in [5.74, 6) is 0. The summed E-state index contributed by atoms with van der Waals surface area (Å²) < 4.78 is 5.12. The van der Waals surface area contributed by atoms with E-state index in [1.807, 2.05) is 6.07 Å². The van der Waals surface area contributed by atoms with Gasteiger partial charge in [-0.1, -0.05) is 22.6 Å². The molecule has 1 atom stereocenters. The van der Waals surface area contributed by atoms with Gasteiger partial charge < -0.3 is 4.42 Å². The van der Waals surface area contributed by atoms with E-state index in [-0.39, 0.29) is 0 Å². The molecule has 1 nitrogen and oxygen atoms in total. The Morgan fingerprint density at radius 2 is 2.40 bits per heavy atom. The molecule has 1 heterocycles. The molecule has 0 N–H and O–H groups in total. The van der Waals surface area contributed by atoms with Gasteiger partial charge >= 0.3 is 0 Å². The summed E-state index contributed by atoms with van der Waals surface area (Å²) >= 11 is 0. The molecular weight excluding hydrogens is 143 g/mol. The van der Waals surface area contributed by atoms with Crippen LogP contribution in [0.3, 0.4) is 0 Å². The minimum Gasteiger partial charge on any atom is -0.465 e. The number of furan rings is 1. The molecule has 0 aliphatic rings. The normalized spacial score (nSPS) is 10.2. The Kier molecular flexibility index (Phi) is 2.95. The number of hydrogen-bond donors (Lipinski definition) is 0. The first kappa shape index (κ1) is 7.81. The maximum atomic E-state index is 5.12. The van der Waals surface area contributed by atoms with Crippen molar-refractivity contribution >= 4 is 14.7 Å². The predicted octanol–water partition coefficient (Wildman–Crippen LogP) is 2.12. The van der Waals surface area contributed by atoms with Crippen LogP contribution >= 0.6 is 9.24 Å². The van der Waals surface area contributed by atoms with Crippen molar-refractivity contribution in [2.75, 3.05) is 0 Å². The maximum Gasteiger partial charge on any atom is 0.122 e. The molecule has 1 aromatic heterocycles. The summed E-state index contributed by atoms with van der Waals surface area (Å²) in [5, 5.41) is 0. The lowest BCUT2D eigenvalue weighted by molar-refractivity contribution is 0.601. The highest BCUT2D eigenvalue weighted by Crippen LogP contribution is 2.05. The largest absolute Gasteiger partial charge is 0.465 e. The van der Waals surface area contributed by atoms with Crippen LogP contribution in [0.4, 0.5) is 0 Å². The van der Waals surface area contributed by atoms with Crippen molar-refractivity contribution in [1.82, 2.24) is 0 Å². The molecule has 1 unspecified atom stereocenters. The summed E-state index contributed by atoms with van der Waals surface area (Å²) in [7, 11) is 2.60. The minimum atomic E-state index is 0.994. The van der Waals surface area contributed by atoms with Crippen LogP contribution in [0.2, 0.25) is 0 Å². The average Bonchev–Trinajstić information content (AvgIpc) is 2.31. The zero-order valence-corrected chi connectivity index (χ0v) is 7.42. The van der Waals surface area contributed by atoms with Crippen LogP contribution < -0.4 is 5.50 Å². The molecule has 0 saturated heterocycles. The van der Waals surface area contributed by atoms with E-state index in [0.717, 1.165) is 11.9 Å². The smallest absolute Gasteiger partial charge is 0.122 e. The molecule has 0 radical (unpaired) electrons. The van der Waals surface area contributed by atoms with Crippen LogP contribution in [-0.2, 0) is 6.42 Å². The van der Waals surface area contributed by atoms with Crippen molar-refractivity contribution in [1.29, 1.82) is 0 Å². The molecular formula is C8H13OP. The highest BCUT2D eigenvalue weighted by atomic mass is 31.0. The molecule has 0 amide bonds. The van der Waals surface area contributed by atoms with E-state index >= 15 is 0 Å². The Morgan fingerprint density at radius 1 is 1.60 bits per heavy atom. The van der Waals surface area contributed by atoms with Crippen LogP contribution in [0.15, 0.2) is 16.7 Å². The van der Waals surface area contributed by atoms with Gasteiger partial charge in [0.25, 0.3) is 0 Å². The third-order valence-corrected chi connectivity index (χ3v) is 2.09. The SMILES string of the molecule is CCCCc1ccoc1P. The van der Waals surface area contributed by atoms with E-state index in [2.05, 4.69) is 16.2 Å². The molecule has 0 bridgehead atoms. The van der Waals surface area contributed by atoms with Crippen LogP contribution in [-0.4, -0.2) is 0 Å². The first-order valence-corrected chi connectivity index (χ1v) is 4.24. The molecule has 10 heavy (non-hydrogen) atoms. The van der Waals surface area contributed by atoms with Gasteiger partial charge in [-0.15, -0.1) is 0 Å². The van der Waals surface area contributed by atoms with Gasteiger partial charge in [-0.2, -0.15) is 0 Å². The molecule has 1 aromatic rings. The molecule has 0 aliphatic heterocycles. The first-order valence-electron chi connectivity index (χ1n) is 3.66. The summed E-state index contributed by atoms with van der Waals surface area (Å²) in [6.07, 6.45) is 5.38. The van der Waals surface area contributed by atoms with E-state index in [1.165, 1.54) is 18.4 Å². The third kappa shape index (κ3) is 1.85. The number of hydrogen-bond acceptors (Lipinski definition) is 1. The van der Waals surface area contributed by atoms with Gasteiger partial charge in [0.2, 0.25) is 0 Å². The highest BCUT2D eigenvalue weighted by molar-refractivity contribution is 7.26. The highest BCUT2D eigenvalue weighted by Gasteiger charge is 1.98. The Labute approximate surface area is 64.0 Å². The second-order valence-electron chi connectivity index (χ2n) is 2.41. The predicted molar refractivity (Wildman–Crippen MR) is 46.7 cm³/mol. The van der Waals surface area contributed by atoms with E-state index in [4.69, 9.17) is 4.42 Å². The Bertz CT molecular complexity index is 193. The van der Waals surface area contributed by atoms with E-state index in [1.54, 1.807) is 6.26 Å². The lowest BCUT2D eigenvalue weighted by atomic mass is 10.2. The third-order valence-electron chi connectivity index (χ3n) is 1.58. The monoisotopic (exact) mass is 156 g/mol. The fraction of sp³-hybridized carbons (Fsp3) is 0.500. The van der Waals surface area contributed by atoms with Crippen molar-refractivity contribution in [2.24, 2.45) is 0 Å². The number of aryl methyl sites for hydroxylation is 1. The van der Waals surface area contributed by atoms with Crippen molar-refractivity contribution in [2.45, 2.75) is 26.2 Å². The molecule has 0 saturated carbocycles. The maximum absolute atomic E-state index is 5.12. The number of rotatable bonds is 3. The van der Waals surface area contributed by atoms with Crippen LogP contribution in [0, 0.1) is 0 Å². The fourth-order valence-corrected chi connectivity index (χ4v) is 1.24. The molecule has 0 aromatic carbocycles. The topological polar surface area (TPSA) is 13.1 Å². The second-order valence-corrected chi connectivity index (χ2v) is 2.94. The molecule has 0 fully saturated rings. The van der Waals surface area contributed by atoms with Gasteiger partial charge in [-0.25, -0.2) is 0 Å². The van der Waals surface area contributed by atoms with Crippen LogP contribution in [0.1, 0.15) is 25.3 Å². The van der Waals surface area contributed by atoms with Crippen LogP contribution in [0.5, 0.6) is 0 Å². The lowest BCUT2D eigenvalue weighted by Crippen LogP contribution is -1.94. The van der Waals surface area contributed by atoms with Gasteiger partial charge in [0, 0.05) is 0 Å². The minimum absolute atomic E-state index is 0.994. The summed E-state index contributed by atoms with van der Waals surface area (Å²) in [4.78, 5) is 0. The van der Waals surface area contributed by atoms with Crippen molar-refractivity contribution in [3.8, 4) is 0 Å². The average molecular weight is 156 g/mol. The van der Waals surface area contributed by atoms with Crippen molar-refractivity contribution in [3.05, 3.63) is 17.9 Å². The van der Waals surface area contributed by atoms with Gasteiger partial charge in [-0.05, 0) is 24.5 Å². The lowest BCUT2D eigenvalue weighted by Gasteiger charge is -1.94.